The second kappa shape index (κ2) is 3.45. The van der Waals surface area contributed by atoms with Crippen LogP contribution >= 0.6 is 0 Å². The van der Waals surface area contributed by atoms with E-state index in [2.05, 4.69) is 9.97 Å². The van der Waals surface area contributed by atoms with E-state index in [9.17, 15) is 9.90 Å². The lowest BCUT2D eigenvalue weighted by Crippen LogP contribution is -2.19. The van der Waals surface area contributed by atoms with Crippen LogP contribution in [0.15, 0.2) is 36.7 Å². The minimum absolute atomic E-state index is 0.623. The SMILES string of the molecule is O=C(O)C1(c2ccc(-c3ncc[nH]3)cc2)CC1. The van der Waals surface area contributed by atoms with Gasteiger partial charge in [0.25, 0.3) is 0 Å². The summed E-state index contributed by atoms with van der Waals surface area (Å²) in [7, 11) is 0. The number of hydrogen-bond donors (Lipinski definition) is 2. The van der Waals surface area contributed by atoms with E-state index in [1.165, 1.54) is 0 Å². The van der Waals surface area contributed by atoms with Gasteiger partial charge in [0.2, 0.25) is 0 Å². The number of hydrogen-bond acceptors (Lipinski definition) is 2. The fourth-order valence-electron chi connectivity index (χ4n) is 2.12. The molecule has 0 bridgehead atoms. The minimum Gasteiger partial charge on any atom is -0.481 e. The molecule has 1 heterocycles. The Morgan fingerprint density at radius 1 is 1.29 bits per heavy atom. The van der Waals surface area contributed by atoms with Crippen molar-refractivity contribution in [2.24, 2.45) is 0 Å². The van der Waals surface area contributed by atoms with Gasteiger partial charge in [-0.1, -0.05) is 24.3 Å². The number of benzene rings is 1. The molecular formula is C13H12N2O2. The highest BCUT2D eigenvalue weighted by Crippen LogP contribution is 2.48. The van der Waals surface area contributed by atoms with Crippen molar-refractivity contribution >= 4 is 5.97 Å². The van der Waals surface area contributed by atoms with Crippen LogP contribution in [0.1, 0.15) is 18.4 Å². The van der Waals surface area contributed by atoms with Crippen LogP contribution in [0, 0.1) is 0 Å². The molecule has 2 N–H and O–H groups in total. The number of aromatic amines is 1. The Hall–Kier alpha value is -2.10. The fourth-order valence-corrected chi connectivity index (χ4v) is 2.12. The maximum atomic E-state index is 11.2. The fraction of sp³-hybridized carbons (Fsp3) is 0.231. The standard InChI is InChI=1S/C13H12N2O2/c16-12(17)13(5-6-13)10-3-1-9(2-4-10)11-14-7-8-15-11/h1-4,7-8H,5-6H2,(H,14,15)(H,16,17). The molecule has 0 saturated heterocycles. The van der Waals surface area contributed by atoms with Gasteiger partial charge in [-0.15, -0.1) is 0 Å². The Bertz CT molecular complexity index is 539. The van der Waals surface area contributed by atoms with Crippen molar-refractivity contribution in [2.45, 2.75) is 18.3 Å². The average molecular weight is 228 g/mol. The van der Waals surface area contributed by atoms with Crippen LogP contribution in [0.25, 0.3) is 11.4 Å². The molecule has 1 saturated carbocycles. The third-order valence-electron chi connectivity index (χ3n) is 3.37. The second-order valence-electron chi connectivity index (χ2n) is 4.40. The van der Waals surface area contributed by atoms with Crippen LogP contribution in [-0.2, 0) is 10.2 Å². The third kappa shape index (κ3) is 1.53. The Morgan fingerprint density at radius 3 is 2.47 bits per heavy atom. The quantitative estimate of drug-likeness (QED) is 0.846. The van der Waals surface area contributed by atoms with Crippen molar-refractivity contribution in [3.63, 3.8) is 0 Å². The molecule has 1 aliphatic carbocycles. The van der Waals surface area contributed by atoms with Crippen molar-refractivity contribution in [1.29, 1.82) is 0 Å². The Morgan fingerprint density at radius 2 is 2.00 bits per heavy atom. The molecule has 86 valence electrons. The van der Waals surface area contributed by atoms with E-state index in [0.29, 0.717) is 0 Å². The summed E-state index contributed by atoms with van der Waals surface area (Å²) in [6.45, 7) is 0. The molecular weight excluding hydrogens is 216 g/mol. The summed E-state index contributed by atoms with van der Waals surface area (Å²) in [5.41, 5.74) is 1.24. The first-order valence-corrected chi connectivity index (χ1v) is 5.56. The van der Waals surface area contributed by atoms with E-state index < -0.39 is 11.4 Å². The molecule has 0 unspecified atom stereocenters. The van der Waals surface area contributed by atoms with E-state index in [-0.39, 0.29) is 0 Å². The lowest BCUT2D eigenvalue weighted by molar-refractivity contribution is -0.140. The highest BCUT2D eigenvalue weighted by molar-refractivity contribution is 5.85. The zero-order valence-corrected chi connectivity index (χ0v) is 9.18. The first-order chi connectivity index (χ1) is 8.22. The van der Waals surface area contributed by atoms with Crippen LogP contribution in [0.3, 0.4) is 0 Å². The van der Waals surface area contributed by atoms with E-state index in [0.717, 1.165) is 29.8 Å². The van der Waals surface area contributed by atoms with Gasteiger partial charge in [-0.2, -0.15) is 0 Å². The molecule has 4 nitrogen and oxygen atoms in total. The van der Waals surface area contributed by atoms with Crippen LogP contribution < -0.4 is 0 Å². The molecule has 1 aliphatic rings. The van der Waals surface area contributed by atoms with Gasteiger partial charge >= 0.3 is 5.97 Å². The van der Waals surface area contributed by atoms with Gasteiger partial charge in [0.15, 0.2) is 0 Å². The summed E-state index contributed by atoms with van der Waals surface area (Å²) in [6.07, 6.45) is 4.94. The van der Waals surface area contributed by atoms with Crippen LogP contribution in [0.5, 0.6) is 0 Å². The molecule has 3 rings (SSSR count). The predicted molar refractivity (Wildman–Crippen MR) is 62.6 cm³/mol. The Kier molecular flexibility index (Phi) is 2.04. The minimum atomic E-state index is -0.719. The molecule has 1 fully saturated rings. The summed E-state index contributed by atoms with van der Waals surface area (Å²) >= 11 is 0. The number of imidazole rings is 1. The highest BCUT2D eigenvalue weighted by Gasteiger charge is 2.51. The molecule has 0 amide bonds. The van der Waals surface area contributed by atoms with Crippen molar-refractivity contribution < 1.29 is 9.90 Å². The monoisotopic (exact) mass is 228 g/mol. The normalized spacial score (nSPS) is 16.7. The topological polar surface area (TPSA) is 66.0 Å². The molecule has 17 heavy (non-hydrogen) atoms. The average Bonchev–Trinajstić information content (AvgIpc) is 2.98. The Balaban J connectivity index is 1.94. The van der Waals surface area contributed by atoms with Crippen molar-refractivity contribution in [3.05, 3.63) is 42.2 Å². The number of carboxylic acids is 1. The van der Waals surface area contributed by atoms with Crippen molar-refractivity contribution in [2.75, 3.05) is 0 Å². The maximum Gasteiger partial charge on any atom is 0.314 e. The van der Waals surface area contributed by atoms with Gasteiger partial charge in [0, 0.05) is 18.0 Å². The van der Waals surface area contributed by atoms with Gasteiger partial charge in [-0.05, 0) is 18.4 Å². The van der Waals surface area contributed by atoms with Gasteiger partial charge in [0.05, 0.1) is 5.41 Å². The predicted octanol–water partition coefficient (Wildman–Crippen LogP) is 2.19. The zero-order chi connectivity index (χ0) is 11.9. The summed E-state index contributed by atoms with van der Waals surface area (Å²) in [6, 6.07) is 7.60. The summed E-state index contributed by atoms with van der Waals surface area (Å²) in [5, 5.41) is 9.19. The van der Waals surface area contributed by atoms with E-state index in [1.807, 2.05) is 24.3 Å². The zero-order valence-electron chi connectivity index (χ0n) is 9.18. The van der Waals surface area contributed by atoms with Gasteiger partial charge < -0.3 is 10.1 Å². The van der Waals surface area contributed by atoms with E-state index in [1.54, 1.807) is 12.4 Å². The Labute approximate surface area is 98.3 Å². The number of nitrogens with one attached hydrogen (secondary N) is 1. The summed E-state index contributed by atoms with van der Waals surface area (Å²) in [4.78, 5) is 18.4. The molecule has 1 aromatic carbocycles. The number of aliphatic carboxylic acids is 1. The number of carbonyl (C=O) groups is 1. The van der Waals surface area contributed by atoms with Gasteiger partial charge in [-0.3, -0.25) is 4.79 Å². The molecule has 0 spiro atoms. The van der Waals surface area contributed by atoms with E-state index >= 15 is 0 Å². The lowest BCUT2D eigenvalue weighted by atomic mass is 9.95. The number of rotatable bonds is 3. The highest BCUT2D eigenvalue weighted by atomic mass is 16.4. The van der Waals surface area contributed by atoms with E-state index in [4.69, 9.17) is 0 Å². The molecule has 1 aromatic heterocycles. The number of aromatic nitrogens is 2. The molecule has 0 radical (unpaired) electrons. The maximum absolute atomic E-state index is 11.2. The largest absolute Gasteiger partial charge is 0.481 e. The van der Waals surface area contributed by atoms with Crippen molar-refractivity contribution in [3.8, 4) is 11.4 Å². The third-order valence-corrected chi connectivity index (χ3v) is 3.37. The van der Waals surface area contributed by atoms with Crippen molar-refractivity contribution in [1.82, 2.24) is 9.97 Å². The van der Waals surface area contributed by atoms with Gasteiger partial charge in [0.1, 0.15) is 5.82 Å². The van der Waals surface area contributed by atoms with Gasteiger partial charge in [-0.25, -0.2) is 4.98 Å². The smallest absolute Gasteiger partial charge is 0.314 e. The first kappa shape index (κ1) is 10.1. The number of H-pyrrole nitrogens is 1. The second-order valence-corrected chi connectivity index (χ2v) is 4.40. The molecule has 2 aromatic rings. The lowest BCUT2D eigenvalue weighted by Gasteiger charge is -2.10. The summed E-state index contributed by atoms with van der Waals surface area (Å²) < 4.78 is 0. The van der Waals surface area contributed by atoms with Crippen LogP contribution in [0.2, 0.25) is 0 Å². The molecule has 0 atom stereocenters. The first-order valence-electron chi connectivity index (χ1n) is 5.56. The van der Waals surface area contributed by atoms with Crippen LogP contribution in [-0.4, -0.2) is 21.0 Å². The summed E-state index contributed by atoms with van der Waals surface area (Å²) in [5.74, 6) is 0.0833. The molecule has 4 heteroatoms. The van der Waals surface area contributed by atoms with Crippen LogP contribution in [0.4, 0.5) is 0 Å². The number of nitrogens with zero attached hydrogens (tertiary/aromatic N) is 1. The molecule has 0 aliphatic heterocycles. The number of carboxylic acid groups (broad SMARTS) is 1.